The summed E-state index contributed by atoms with van der Waals surface area (Å²) in [5, 5.41) is 5.67. The van der Waals surface area contributed by atoms with Crippen LogP contribution in [0.3, 0.4) is 0 Å². The van der Waals surface area contributed by atoms with Crippen molar-refractivity contribution < 1.29 is 9.59 Å². The molecule has 0 fully saturated rings. The van der Waals surface area contributed by atoms with Gasteiger partial charge in [0.25, 0.3) is 0 Å². The number of nitrogens with two attached hydrogens (primary N) is 3. The first-order chi connectivity index (χ1) is 9.91. The molecule has 0 aliphatic heterocycles. The third kappa shape index (κ3) is 12.0. The molecule has 0 heterocycles. The predicted molar refractivity (Wildman–Crippen MR) is 88.0 cm³/mol. The van der Waals surface area contributed by atoms with Crippen LogP contribution in [-0.2, 0) is 9.59 Å². The fraction of sp³-hybridized carbons (Fsp3) is 0.786. The van der Waals surface area contributed by atoms with E-state index in [0.29, 0.717) is 25.9 Å². The molecular weight excluding hydrogens is 284 g/mol. The highest BCUT2D eigenvalue weighted by molar-refractivity contribution is 5.81. The predicted octanol–water partition coefficient (Wildman–Crippen LogP) is -0.822. The maximum Gasteiger partial charge on any atom is 0.220 e. The zero-order valence-electron chi connectivity index (χ0n) is 14.0. The minimum absolute atomic E-state index is 0.0608. The molecule has 8 N–H and O–H groups in total. The summed E-state index contributed by atoms with van der Waals surface area (Å²) >= 11 is 0. The van der Waals surface area contributed by atoms with Gasteiger partial charge in [-0.25, -0.2) is 0 Å². The molecule has 0 saturated carbocycles. The van der Waals surface area contributed by atoms with Crippen LogP contribution in [0, 0.1) is 0 Å². The van der Waals surface area contributed by atoms with Gasteiger partial charge in [-0.05, 0) is 34.1 Å². The molecule has 0 saturated heterocycles. The van der Waals surface area contributed by atoms with Gasteiger partial charge in [-0.15, -0.1) is 0 Å². The van der Waals surface area contributed by atoms with Crippen molar-refractivity contribution in [1.82, 2.24) is 10.6 Å². The topological polar surface area (TPSA) is 149 Å². The summed E-state index contributed by atoms with van der Waals surface area (Å²) in [7, 11) is 0. The highest BCUT2D eigenvalue weighted by Crippen LogP contribution is 2.07. The van der Waals surface area contributed by atoms with Crippen molar-refractivity contribution in [2.75, 3.05) is 13.1 Å². The second-order valence-electron chi connectivity index (χ2n) is 6.76. The standard InChI is InChI=1S/C14H30N6O2/c1-13(2,17)6-5-11(22)18-7-8-19-12(16)20-14(3,4)9-10(15)21/h5-9,17H2,1-4H3,(H2,15,21)(H,18,22)(H3,16,19,20). The zero-order chi connectivity index (χ0) is 17.4. The van der Waals surface area contributed by atoms with Crippen molar-refractivity contribution in [1.29, 1.82) is 0 Å². The average molecular weight is 314 g/mol. The normalized spacial score (nSPS) is 12.9. The quantitative estimate of drug-likeness (QED) is 0.214. The van der Waals surface area contributed by atoms with Crippen molar-refractivity contribution in [3.63, 3.8) is 0 Å². The van der Waals surface area contributed by atoms with Gasteiger partial charge in [-0.1, -0.05) is 0 Å². The summed E-state index contributed by atoms with van der Waals surface area (Å²) in [5.74, 6) is -0.265. The number of carbonyl (C=O) groups is 2. The fourth-order valence-electron chi connectivity index (χ4n) is 1.76. The molecule has 128 valence electrons. The first-order valence-corrected chi connectivity index (χ1v) is 7.33. The van der Waals surface area contributed by atoms with Crippen LogP contribution < -0.4 is 27.8 Å². The SMILES string of the molecule is CC(C)(N)CCC(=O)NCCN=C(N)NC(C)(C)CC(N)=O. The monoisotopic (exact) mass is 314 g/mol. The van der Waals surface area contributed by atoms with Crippen LogP contribution in [0.5, 0.6) is 0 Å². The van der Waals surface area contributed by atoms with E-state index in [0.717, 1.165) is 0 Å². The van der Waals surface area contributed by atoms with Crippen LogP contribution >= 0.6 is 0 Å². The van der Waals surface area contributed by atoms with E-state index in [-0.39, 0.29) is 23.8 Å². The summed E-state index contributed by atoms with van der Waals surface area (Å²) in [6.07, 6.45) is 1.15. The number of hydrogen-bond acceptors (Lipinski definition) is 4. The van der Waals surface area contributed by atoms with Gasteiger partial charge in [-0.3, -0.25) is 14.6 Å². The maximum atomic E-state index is 11.6. The minimum Gasteiger partial charge on any atom is -0.370 e. The van der Waals surface area contributed by atoms with Gasteiger partial charge in [0.2, 0.25) is 11.8 Å². The number of amides is 2. The molecule has 0 bridgehead atoms. The van der Waals surface area contributed by atoms with Crippen LogP contribution in [-0.4, -0.2) is 41.9 Å². The molecule has 0 atom stereocenters. The molecule has 0 spiro atoms. The largest absolute Gasteiger partial charge is 0.370 e. The number of guanidine groups is 1. The first kappa shape index (κ1) is 20.2. The lowest BCUT2D eigenvalue weighted by Gasteiger charge is -2.25. The molecule has 0 aliphatic carbocycles. The summed E-state index contributed by atoms with van der Waals surface area (Å²) in [6.45, 7) is 8.11. The highest BCUT2D eigenvalue weighted by atomic mass is 16.1. The number of nitrogens with zero attached hydrogens (tertiary/aromatic N) is 1. The third-order valence-corrected chi connectivity index (χ3v) is 2.80. The molecule has 0 aliphatic rings. The van der Waals surface area contributed by atoms with Gasteiger partial charge in [0, 0.05) is 30.5 Å². The lowest BCUT2D eigenvalue weighted by atomic mass is 10.00. The Morgan fingerprint density at radius 1 is 1.14 bits per heavy atom. The minimum atomic E-state index is -0.560. The highest BCUT2D eigenvalue weighted by Gasteiger charge is 2.20. The first-order valence-electron chi connectivity index (χ1n) is 7.33. The summed E-state index contributed by atoms with van der Waals surface area (Å²) in [6, 6.07) is 0. The molecule has 2 amide bonds. The molecule has 8 nitrogen and oxygen atoms in total. The van der Waals surface area contributed by atoms with Crippen molar-refractivity contribution in [3.05, 3.63) is 0 Å². The smallest absolute Gasteiger partial charge is 0.220 e. The molecule has 0 rings (SSSR count). The Bertz CT molecular complexity index is 412. The van der Waals surface area contributed by atoms with Gasteiger partial charge < -0.3 is 27.8 Å². The van der Waals surface area contributed by atoms with Crippen molar-refractivity contribution >= 4 is 17.8 Å². The lowest BCUT2D eigenvalue weighted by molar-refractivity contribution is -0.121. The Morgan fingerprint density at radius 2 is 1.73 bits per heavy atom. The molecule has 0 aromatic carbocycles. The Labute approximate surface area is 132 Å². The van der Waals surface area contributed by atoms with Crippen LogP contribution in [0.15, 0.2) is 4.99 Å². The zero-order valence-corrected chi connectivity index (χ0v) is 14.0. The third-order valence-electron chi connectivity index (χ3n) is 2.80. The van der Waals surface area contributed by atoms with Gasteiger partial charge in [0.05, 0.1) is 6.54 Å². The van der Waals surface area contributed by atoms with E-state index in [2.05, 4.69) is 15.6 Å². The molecule has 0 unspecified atom stereocenters. The van der Waals surface area contributed by atoms with E-state index in [4.69, 9.17) is 17.2 Å². The van der Waals surface area contributed by atoms with E-state index < -0.39 is 11.4 Å². The molecule has 0 aromatic rings. The van der Waals surface area contributed by atoms with Crippen molar-refractivity contribution in [2.45, 2.75) is 58.0 Å². The number of carbonyl (C=O) groups excluding carboxylic acids is 2. The number of primary amides is 1. The molecular formula is C14H30N6O2. The Balaban J connectivity index is 4.02. The van der Waals surface area contributed by atoms with Crippen molar-refractivity contribution in [2.24, 2.45) is 22.2 Å². The second kappa shape index (κ2) is 8.57. The summed E-state index contributed by atoms with van der Waals surface area (Å²) in [5.41, 5.74) is 15.8. The van der Waals surface area contributed by atoms with E-state index in [1.807, 2.05) is 13.8 Å². The van der Waals surface area contributed by atoms with E-state index in [1.54, 1.807) is 13.8 Å². The molecule has 0 aromatic heterocycles. The molecule has 0 radical (unpaired) electrons. The van der Waals surface area contributed by atoms with E-state index in [1.165, 1.54) is 0 Å². The number of rotatable bonds is 9. The van der Waals surface area contributed by atoms with E-state index in [9.17, 15) is 9.59 Å². The number of nitrogens with one attached hydrogen (secondary N) is 2. The van der Waals surface area contributed by atoms with Crippen LogP contribution in [0.25, 0.3) is 0 Å². The van der Waals surface area contributed by atoms with Gasteiger partial charge in [-0.2, -0.15) is 0 Å². The Morgan fingerprint density at radius 3 is 2.23 bits per heavy atom. The van der Waals surface area contributed by atoms with Crippen LogP contribution in [0.4, 0.5) is 0 Å². The summed E-state index contributed by atoms with van der Waals surface area (Å²) in [4.78, 5) is 26.6. The van der Waals surface area contributed by atoms with Crippen LogP contribution in [0.2, 0.25) is 0 Å². The van der Waals surface area contributed by atoms with Crippen LogP contribution in [0.1, 0.15) is 47.0 Å². The maximum absolute atomic E-state index is 11.6. The lowest BCUT2D eigenvalue weighted by Crippen LogP contribution is -2.49. The molecule has 8 heteroatoms. The summed E-state index contributed by atoms with van der Waals surface area (Å²) < 4.78 is 0. The number of aliphatic imine (C=N–C) groups is 1. The Kier molecular flexibility index (Phi) is 7.86. The van der Waals surface area contributed by atoms with Gasteiger partial charge in [0.1, 0.15) is 0 Å². The Hall–Kier alpha value is -1.83. The van der Waals surface area contributed by atoms with Gasteiger partial charge >= 0.3 is 0 Å². The number of hydrogen-bond donors (Lipinski definition) is 5. The average Bonchev–Trinajstić information content (AvgIpc) is 2.28. The van der Waals surface area contributed by atoms with Crippen molar-refractivity contribution in [3.8, 4) is 0 Å². The fourth-order valence-corrected chi connectivity index (χ4v) is 1.76. The van der Waals surface area contributed by atoms with Gasteiger partial charge in [0.15, 0.2) is 5.96 Å². The second-order valence-corrected chi connectivity index (χ2v) is 6.76. The molecule has 22 heavy (non-hydrogen) atoms. The van der Waals surface area contributed by atoms with E-state index >= 15 is 0 Å².